The van der Waals surface area contributed by atoms with Crippen LogP contribution < -0.4 is 0 Å². The Morgan fingerprint density at radius 3 is 1.57 bits per heavy atom. The Kier molecular flexibility index (Phi) is 12.0. The fourth-order valence-corrected chi connectivity index (χ4v) is 10.1. The lowest BCUT2D eigenvalue weighted by Crippen LogP contribution is -2.47. The zero-order valence-electron chi connectivity index (χ0n) is 35.7. The Bertz CT molecular complexity index is 2510. The van der Waals surface area contributed by atoms with Crippen molar-refractivity contribution in [2.75, 3.05) is 72.1 Å². The molecule has 4 saturated heterocycles. The zero-order chi connectivity index (χ0) is 42.7. The summed E-state index contributed by atoms with van der Waals surface area (Å²) in [5, 5.41) is 11.3. The minimum absolute atomic E-state index is 0.106. The van der Waals surface area contributed by atoms with Gasteiger partial charge in [0, 0.05) is 72.9 Å². The van der Waals surface area contributed by atoms with Crippen LogP contribution in [0.3, 0.4) is 0 Å². The molecule has 330 valence electrons. The van der Waals surface area contributed by atoms with E-state index in [1.165, 1.54) is 0 Å². The number of hydrogen-bond donors (Lipinski definition) is 2. The zero-order valence-corrected chi connectivity index (χ0v) is 35.7. The van der Waals surface area contributed by atoms with Gasteiger partial charge in [-0.2, -0.15) is 10.2 Å². The fourth-order valence-electron chi connectivity index (χ4n) is 10.1. The number of carbonyl (C=O) groups is 3. The number of H-pyrrole nitrogens is 2. The van der Waals surface area contributed by atoms with Crippen LogP contribution in [0.15, 0.2) is 62.0 Å². The molecule has 0 spiro atoms. The second-order valence-electron chi connectivity index (χ2n) is 17.8. The number of nitrogens with one attached hydrogen (secondary N) is 2. The number of ether oxygens (including phenoxy) is 1. The molecule has 0 radical (unpaired) electrons. The van der Waals surface area contributed by atoms with Gasteiger partial charge in [-0.3, -0.25) is 33.5 Å². The summed E-state index contributed by atoms with van der Waals surface area (Å²) in [6.07, 6.45) is 22.5. The van der Waals surface area contributed by atoms with Gasteiger partial charge in [0.2, 0.25) is 11.8 Å². The Morgan fingerprint density at radius 1 is 0.603 bits per heavy atom. The standard InChI is InChI=1S/C45H56N14O4/c60-39(56-18-7-35(8-19-56)58-25-33(23-52-58)41-37-1-12-46-43(37)50-29-48-41)27-54-14-3-31(4-15-54)11-22-63-45(62)32-5-16-55(17-6-32)28-40(61)57-20-9-36(10-21-57)59-26-34(24-53-59)42-38-2-13-47-44(38)51-30-49-42/h1-2,12-13,23-26,29-32,35-36H,3-11,14-22,27-28H2,(H,46,48,50)(H,47,49,51). The summed E-state index contributed by atoms with van der Waals surface area (Å²) in [7, 11) is 0. The number of piperidine rings is 4. The van der Waals surface area contributed by atoms with E-state index in [2.05, 4.69) is 62.3 Å². The molecule has 4 fully saturated rings. The summed E-state index contributed by atoms with van der Waals surface area (Å²) in [4.78, 5) is 71.9. The van der Waals surface area contributed by atoms with Crippen molar-refractivity contribution < 1.29 is 19.1 Å². The van der Waals surface area contributed by atoms with Crippen LogP contribution in [0.4, 0.5) is 0 Å². The van der Waals surface area contributed by atoms with Crippen molar-refractivity contribution in [2.24, 2.45) is 11.8 Å². The maximum atomic E-state index is 13.3. The van der Waals surface area contributed by atoms with Gasteiger partial charge in [0.25, 0.3) is 0 Å². The molecule has 2 N–H and O–H groups in total. The number of carbonyl (C=O) groups excluding carboxylic acids is 3. The van der Waals surface area contributed by atoms with Crippen LogP contribution in [0, 0.1) is 11.8 Å². The first-order valence-electron chi connectivity index (χ1n) is 22.7. The van der Waals surface area contributed by atoms with Crippen molar-refractivity contribution in [3.8, 4) is 22.5 Å². The van der Waals surface area contributed by atoms with E-state index in [0.29, 0.717) is 51.5 Å². The van der Waals surface area contributed by atoms with Crippen molar-refractivity contribution in [3.63, 3.8) is 0 Å². The number of likely N-dealkylation sites (tertiary alicyclic amines) is 4. The van der Waals surface area contributed by atoms with Gasteiger partial charge in [-0.15, -0.1) is 0 Å². The Labute approximate surface area is 365 Å². The van der Waals surface area contributed by atoms with E-state index in [9.17, 15) is 14.4 Å². The number of esters is 1. The van der Waals surface area contributed by atoms with E-state index >= 15 is 0 Å². The molecular formula is C45H56N14O4. The molecule has 0 aliphatic carbocycles. The molecule has 6 aromatic rings. The van der Waals surface area contributed by atoms with Crippen LogP contribution in [0.5, 0.6) is 0 Å². The van der Waals surface area contributed by atoms with Gasteiger partial charge >= 0.3 is 5.97 Å². The number of fused-ring (bicyclic) bond motifs is 2. The van der Waals surface area contributed by atoms with Crippen molar-refractivity contribution in [3.05, 3.63) is 62.0 Å². The lowest BCUT2D eigenvalue weighted by atomic mass is 9.93. The summed E-state index contributed by atoms with van der Waals surface area (Å²) in [5.41, 5.74) is 5.27. The fraction of sp³-hybridized carbons (Fsp3) is 0.533. The third-order valence-corrected chi connectivity index (χ3v) is 14.0. The molecule has 0 bridgehead atoms. The van der Waals surface area contributed by atoms with E-state index in [-0.39, 0.29) is 35.8 Å². The predicted octanol–water partition coefficient (Wildman–Crippen LogP) is 4.34. The smallest absolute Gasteiger partial charge is 0.309 e. The minimum Gasteiger partial charge on any atom is -0.465 e. The summed E-state index contributed by atoms with van der Waals surface area (Å²) in [6.45, 7) is 7.36. The molecule has 0 unspecified atom stereocenters. The average molecular weight is 857 g/mol. The van der Waals surface area contributed by atoms with Gasteiger partial charge in [-0.25, -0.2) is 19.9 Å². The Morgan fingerprint density at radius 2 is 1.08 bits per heavy atom. The first kappa shape index (κ1) is 41.0. The van der Waals surface area contributed by atoms with Crippen LogP contribution in [-0.2, 0) is 19.1 Å². The van der Waals surface area contributed by atoms with Crippen molar-refractivity contribution >= 4 is 39.9 Å². The maximum absolute atomic E-state index is 13.3. The van der Waals surface area contributed by atoms with Crippen molar-refractivity contribution in [2.45, 2.75) is 69.9 Å². The highest BCUT2D eigenvalue weighted by atomic mass is 16.5. The molecule has 63 heavy (non-hydrogen) atoms. The first-order valence-corrected chi connectivity index (χ1v) is 22.7. The second-order valence-corrected chi connectivity index (χ2v) is 17.8. The Balaban J connectivity index is 0.583. The monoisotopic (exact) mass is 856 g/mol. The van der Waals surface area contributed by atoms with Gasteiger partial charge in [0.05, 0.1) is 61.5 Å². The molecular weight excluding hydrogens is 801 g/mol. The Hall–Kier alpha value is -6.01. The average Bonchev–Trinajstić information content (AvgIpc) is 4.18. The van der Waals surface area contributed by atoms with Crippen molar-refractivity contribution in [1.82, 2.24) is 69.1 Å². The third-order valence-electron chi connectivity index (χ3n) is 14.0. The van der Waals surface area contributed by atoms with Crippen LogP contribution in [-0.4, -0.2) is 159 Å². The van der Waals surface area contributed by atoms with E-state index in [1.807, 2.05) is 56.1 Å². The highest BCUT2D eigenvalue weighted by molar-refractivity contribution is 5.91. The van der Waals surface area contributed by atoms with E-state index in [4.69, 9.17) is 4.74 Å². The number of rotatable bonds is 12. The number of hydrogen-bond acceptors (Lipinski definition) is 12. The molecule has 0 atom stereocenters. The highest BCUT2D eigenvalue weighted by Crippen LogP contribution is 2.30. The molecule has 18 heteroatoms. The summed E-state index contributed by atoms with van der Waals surface area (Å²) >= 11 is 0. The lowest BCUT2D eigenvalue weighted by molar-refractivity contribution is -0.150. The molecule has 18 nitrogen and oxygen atoms in total. The molecule has 4 aliphatic heterocycles. The quantitative estimate of drug-likeness (QED) is 0.166. The van der Waals surface area contributed by atoms with Crippen molar-refractivity contribution in [1.29, 1.82) is 0 Å². The molecule has 0 saturated carbocycles. The molecule has 4 aliphatic rings. The molecule has 0 aromatic carbocycles. The predicted molar refractivity (Wildman–Crippen MR) is 234 cm³/mol. The topological polar surface area (TPSA) is 192 Å². The van der Waals surface area contributed by atoms with Crippen LogP contribution >= 0.6 is 0 Å². The van der Waals surface area contributed by atoms with Crippen LogP contribution in [0.25, 0.3) is 44.6 Å². The normalized spacial score (nSPS) is 19.4. The van der Waals surface area contributed by atoms with Gasteiger partial charge in [-0.1, -0.05) is 0 Å². The molecule has 2 amide bonds. The largest absolute Gasteiger partial charge is 0.465 e. The number of amides is 2. The third kappa shape index (κ3) is 9.09. The van der Waals surface area contributed by atoms with Gasteiger partial charge in [-0.05, 0) is 102 Å². The maximum Gasteiger partial charge on any atom is 0.309 e. The molecule has 10 rings (SSSR count). The number of aromatic nitrogens is 10. The van der Waals surface area contributed by atoms with Gasteiger partial charge in [0.15, 0.2) is 0 Å². The van der Waals surface area contributed by atoms with E-state index in [0.717, 1.165) is 129 Å². The van der Waals surface area contributed by atoms with E-state index < -0.39 is 0 Å². The second kappa shape index (κ2) is 18.4. The lowest BCUT2D eigenvalue weighted by Gasteiger charge is -2.36. The van der Waals surface area contributed by atoms with Gasteiger partial charge < -0.3 is 24.5 Å². The highest BCUT2D eigenvalue weighted by Gasteiger charge is 2.31. The molecule has 6 aromatic heterocycles. The summed E-state index contributed by atoms with van der Waals surface area (Å²) < 4.78 is 9.84. The van der Waals surface area contributed by atoms with E-state index in [1.54, 1.807) is 12.7 Å². The summed E-state index contributed by atoms with van der Waals surface area (Å²) in [5.74, 6) is 0.627. The van der Waals surface area contributed by atoms with Crippen LogP contribution in [0.1, 0.15) is 69.9 Å². The number of aromatic amines is 2. The molecule has 10 heterocycles. The van der Waals surface area contributed by atoms with Gasteiger partial charge in [0.1, 0.15) is 23.9 Å². The SMILES string of the molecule is O=C(OCCC1CCN(CC(=O)N2CCC(n3cc(-c4ncnc5[nH]ccc45)cn3)CC2)CC1)C1CCN(CC(=O)N2CCC(n3cc(-c4ncnc5[nH]ccc45)cn3)CC2)CC1. The first-order chi connectivity index (χ1) is 30.9. The minimum atomic E-state index is -0.114. The number of nitrogens with zero attached hydrogens (tertiary/aromatic N) is 12. The summed E-state index contributed by atoms with van der Waals surface area (Å²) in [6, 6.07) is 4.45. The van der Waals surface area contributed by atoms with Crippen LogP contribution in [0.2, 0.25) is 0 Å².